The molecule has 2 heteroatoms. The van der Waals surface area contributed by atoms with Crippen molar-refractivity contribution in [2.24, 2.45) is 0 Å². The summed E-state index contributed by atoms with van der Waals surface area (Å²) in [4.78, 5) is 4.07. The van der Waals surface area contributed by atoms with Gasteiger partial charge >= 0.3 is 0 Å². The van der Waals surface area contributed by atoms with Crippen molar-refractivity contribution in [3.63, 3.8) is 0 Å². The van der Waals surface area contributed by atoms with E-state index in [1.165, 1.54) is 0 Å². The molecule has 0 aliphatic carbocycles. The second kappa shape index (κ2) is 3.37. The Morgan fingerprint density at radius 3 is 2.89 bits per heavy atom. The smallest absolute Gasteiger partial charge is 0.0629 e. The Labute approximate surface area is 57.0 Å². The van der Waals surface area contributed by atoms with E-state index >= 15 is 0 Å². The quantitative estimate of drug-likeness (QED) is 0.539. The highest BCUT2D eigenvalue weighted by molar-refractivity contribution is 7.21. The molecule has 0 aliphatic heterocycles. The maximum absolute atomic E-state index is 4.07. The maximum atomic E-state index is 4.07. The molecule has 1 atom stereocenters. The van der Waals surface area contributed by atoms with Crippen LogP contribution in [0.1, 0.15) is 5.69 Å². The number of aromatic nitrogens is 1. The van der Waals surface area contributed by atoms with Crippen molar-refractivity contribution in [2.75, 3.05) is 0 Å². The monoisotopic (exact) mass is 137 g/mol. The van der Waals surface area contributed by atoms with Crippen LogP contribution in [-0.2, 0) is 0 Å². The van der Waals surface area contributed by atoms with Crippen LogP contribution in [0.15, 0.2) is 30.2 Å². The largest absolute Gasteiger partial charge is 0.257 e. The predicted molar refractivity (Wildman–Crippen MR) is 43.0 cm³/mol. The molecule has 0 amide bonds. The fourth-order valence-electron chi connectivity index (χ4n) is 0.573. The average Bonchev–Trinajstić information content (AvgIpc) is 1.91. The second-order valence-corrected chi connectivity index (χ2v) is 2.00. The van der Waals surface area contributed by atoms with Crippen LogP contribution in [0.25, 0.3) is 6.08 Å². The van der Waals surface area contributed by atoms with Gasteiger partial charge in [-0.15, -0.1) is 9.24 Å². The van der Waals surface area contributed by atoms with E-state index < -0.39 is 0 Å². The van der Waals surface area contributed by atoms with Gasteiger partial charge in [0.1, 0.15) is 0 Å². The van der Waals surface area contributed by atoms with E-state index in [0.29, 0.717) is 0 Å². The van der Waals surface area contributed by atoms with E-state index in [-0.39, 0.29) is 0 Å². The van der Waals surface area contributed by atoms with Gasteiger partial charge in [0.05, 0.1) is 5.69 Å². The van der Waals surface area contributed by atoms with Gasteiger partial charge in [0.15, 0.2) is 0 Å². The summed E-state index contributed by atoms with van der Waals surface area (Å²) >= 11 is 0. The van der Waals surface area contributed by atoms with E-state index in [1.54, 1.807) is 6.20 Å². The first kappa shape index (κ1) is 6.44. The molecule has 0 saturated carbocycles. The molecule has 1 rings (SSSR count). The summed E-state index contributed by atoms with van der Waals surface area (Å²) in [5.74, 6) is 1.89. The van der Waals surface area contributed by atoms with Crippen molar-refractivity contribution in [3.05, 3.63) is 35.9 Å². The van der Waals surface area contributed by atoms with E-state index in [0.717, 1.165) is 5.69 Å². The fourth-order valence-corrected chi connectivity index (χ4v) is 0.770. The Morgan fingerprint density at radius 2 is 2.33 bits per heavy atom. The molecule has 0 aromatic carbocycles. The summed E-state index contributed by atoms with van der Waals surface area (Å²) in [6, 6.07) is 5.83. The lowest BCUT2D eigenvalue weighted by Gasteiger charge is -1.86. The van der Waals surface area contributed by atoms with Crippen LogP contribution < -0.4 is 0 Å². The highest BCUT2D eigenvalue weighted by atomic mass is 31.0. The van der Waals surface area contributed by atoms with E-state index in [4.69, 9.17) is 0 Å². The number of pyridine rings is 1. The van der Waals surface area contributed by atoms with Crippen molar-refractivity contribution < 1.29 is 0 Å². The van der Waals surface area contributed by atoms with Crippen molar-refractivity contribution in [1.29, 1.82) is 0 Å². The van der Waals surface area contributed by atoms with Crippen LogP contribution in [0.4, 0.5) is 0 Å². The molecule has 0 N–H and O–H groups in total. The Bertz CT molecular complexity index is 193. The molecule has 9 heavy (non-hydrogen) atoms. The third-order valence-corrected chi connectivity index (χ3v) is 1.15. The predicted octanol–water partition coefficient (Wildman–Crippen LogP) is 1.93. The molecule has 0 bridgehead atoms. The Kier molecular flexibility index (Phi) is 2.41. The first-order chi connectivity index (χ1) is 4.43. The Balaban J connectivity index is 2.85. The lowest BCUT2D eigenvalue weighted by molar-refractivity contribution is 1.30. The lowest BCUT2D eigenvalue weighted by atomic mass is 10.3. The Morgan fingerprint density at radius 1 is 1.44 bits per heavy atom. The lowest BCUT2D eigenvalue weighted by Crippen LogP contribution is -1.73. The van der Waals surface area contributed by atoms with E-state index in [2.05, 4.69) is 14.2 Å². The summed E-state index contributed by atoms with van der Waals surface area (Å²) in [6.07, 6.45) is 3.71. The maximum Gasteiger partial charge on any atom is 0.0629 e. The van der Waals surface area contributed by atoms with Crippen LogP contribution in [0.5, 0.6) is 0 Å². The first-order valence-electron chi connectivity index (χ1n) is 2.73. The molecule has 0 spiro atoms. The van der Waals surface area contributed by atoms with Gasteiger partial charge in [-0.2, -0.15) is 0 Å². The van der Waals surface area contributed by atoms with Crippen molar-refractivity contribution in [2.45, 2.75) is 0 Å². The number of nitrogens with zero attached hydrogens (tertiary/aromatic N) is 1. The minimum Gasteiger partial charge on any atom is -0.257 e. The van der Waals surface area contributed by atoms with Crippen molar-refractivity contribution >= 4 is 15.3 Å². The number of rotatable bonds is 1. The Hall–Kier alpha value is -0.680. The summed E-state index contributed by atoms with van der Waals surface area (Å²) in [7, 11) is 2.51. The molecule has 0 saturated heterocycles. The zero-order valence-electron chi connectivity index (χ0n) is 4.99. The van der Waals surface area contributed by atoms with Gasteiger partial charge in [-0.3, -0.25) is 4.98 Å². The molecule has 46 valence electrons. The molecule has 0 radical (unpaired) electrons. The van der Waals surface area contributed by atoms with E-state index in [9.17, 15) is 0 Å². The molecule has 1 aromatic rings. The van der Waals surface area contributed by atoms with Crippen LogP contribution in [0.2, 0.25) is 0 Å². The molecule has 1 nitrogen and oxygen atoms in total. The summed E-state index contributed by atoms with van der Waals surface area (Å²) in [6.45, 7) is 0. The van der Waals surface area contributed by atoms with Gasteiger partial charge in [-0.1, -0.05) is 11.9 Å². The van der Waals surface area contributed by atoms with Crippen LogP contribution in [0.3, 0.4) is 0 Å². The zero-order chi connectivity index (χ0) is 6.53. The second-order valence-electron chi connectivity index (χ2n) is 1.61. The minimum atomic E-state index is 0.993. The molecular formula is C7H8NP. The number of hydrogen-bond donors (Lipinski definition) is 0. The SMILES string of the molecule is PC=Cc1ccccn1. The average molecular weight is 137 g/mol. The molecule has 1 heterocycles. The number of hydrogen-bond acceptors (Lipinski definition) is 1. The van der Waals surface area contributed by atoms with Gasteiger partial charge in [-0.25, -0.2) is 0 Å². The van der Waals surface area contributed by atoms with Crippen molar-refractivity contribution in [3.8, 4) is 0 Å². The highest BCUT2D eigenvalue weighted by Crippen LogP contribution is 1.97. The highest BCUT2D eigenvalue weighted by Gasteiger charge is 1.79. The van der Waals surface area contributed by atoms with E-state index in [1.807, 2.05) is 30.1 Å². The van der Waals surface area contributed by atoms with Gasteiger partial charge in [0.25, 0.3) is 0 Å². The van der Waals surface area contributed by atoms with Crippen molar-refractivity contribution in [1.82, 2.24) is 4.98 Å². The summed E-state index contributed by atoms with van der Waals surface area (Å²) in [5.41, 5.74) is 0.993. The van der Waals surface area contributed by atoms with Crippen LogP contribution in [-0.4, -0.2) is 4.98 Å². The van der Waals surface area contributed by atoms with Crippen LogP contribution >= 0.6 is 9.24 Å². The minimum absolute atomic E-state index is 0.993. The first-order valence-corrected chi connectivity index (χ1v) is 3.39. The molecule has 0 fully saturated rings. The third kappa shape index (κ3) is 1.95. The normalized spacial score (nSPS) is 10.3. The van der Waals surface area contributed by atoms with Gasteiger partial charge in [-0.05, 0) is 18.2 Å². The van der Waals surface area contributed by atoms with Gasteiger partial charge in [0, 0.05) is 6.20 Å². The topological polar surface area (TPSA) is 12.9 Å². The molecule has 1 unspecified atom stereocenters. The van der Waals surface area contributed by atoms with Gasteiger partial charge < -0.3 is 0 Å². The standard InChI is InChI=1S/C7H8NP/c9-6-4-7-3-1-2-5-8-7/h1-6H,9H2. The third-order valence-electron chi connectivity index (χ3n) is 0.955. The van der Waals surface area contributed by atoms with Gasteiger partial charge in [0.2, 0.25) is 0 Å². The summed E-state index contributed by atoms with van der Waals surface area (Å²) < 4.78 is 0. The zero-order valence-corrected chi connectivity index (χ0v) is 6.14. The molecule has 1 aromatic heterocycles. The van der Waals surface area contributed by atoms with Crippen LogP contribution in [0, 0.1) is 0 Å². The molecule has 0 aliphatic rings. The molecular weight excluding hydrogens is 129 g/mol. The fraction of sp³-hybridized carbons (Fsp3) is 0. The summed E-state index contributed by atoms with van der Waals surface area (Å²) in [5, 5.41) is 0.